The van der Waals surface area contributed by atoms with E-state index >= 15 is 0 Å². The van der Waals surface area contributed by atoms with E-state index in [9.17, 15) is 14.7 Å². The molecule has 0 saturated carbocycles. The normalized spacial score (nSPS) is 19.9. The van der Waals surface area contributed by atoms with Crippen molar-refractivity contribution in [2.45, 2.75) is 32.8 Å². The molecule has 2 rings (SSSR count). The number of aliphatic hydroxyl groups is 1. The number of rotatable bonds is 8. The standard InChI is InChI=1S/C21H25Cl2NO6/c1-5-30-21(27)18-15(10-29-9-11(2)25)24-12(3)16(20(26)28-4)17(18)13-7-6-8-14(22)19(13)23/h6-8,11,16-17,25H,5,9-10H2,1-4H3. The Bertz CT molecular complexity index is 865. The average Bonchev–Trinajstić information content (AvgIpc) is 2.69. The molecular formula is C21H25Cl2NO6. The zero-order valence-corrected chi connectivity index (χ0v) is 18.8. The molecule has 1 aromatic rings. The minimum absolute atomic E-state index is 0.0528. The van der Waals surface area contributed by atoms with Gasteiger partial charge in [-0.2, -0.15) is 0 Å². The van der Waals surface area contributed by atoms with Gasteiger partial charge in [0, 0.05) is 11.6 Å². The number of carbonyl (C=O) groups excluding carboxylic acids is 2. The van der Waals surface area contributed by atoms with Crippen molar-refractivity contribution < 1.29 is 28.9 Å². The first kappa shape index (κ1) is 24.3. The Morgan fingerprint density at radius 2 is 2.00 bits per heavy atom. The van der Waals surface area contributed by atoms with Crippen LogP contribution in [-0.4, -0.2) is 55.8 Å². The van der Waals surface area contributed by atoms with Crippen molar-refractivity contribution in [1.82, 2.24) is 0 Å². The molecule has 0 aliphatic carbocycles. The van der Waals surface area contributed by atoms with E-state index in [0.29, 0.717) is 17.0 Å². The highest BCUT2D eigenvalue weighted by Crippen LogP contribution is 2.44. The summed E-state index contributed by atoms with van der Waals surface area (Å²) >= 11 is 12.7. The van der Waals surface area contributed by atoms with Crippen LogP contribution >= 0.6 is 23.2 Å². The van der Waals surface area contributed by atoms with E-state index in [2.05, 4.69) is 4.99 Å². The first-order valence-electron chi connectivity index (χ1n) is 9.45. The van der Waals surface area contributed by atoms with Crippen LogP contribution in [0, 0.1) is 5.92 Å². The Morgan fingerprint density at radius 1 is 1.30 bits per heavy atom. The maximum Gasteiger partial charge on any atom is 0.336 e. The van der Waals surface area contributed by atoms with E-state index in [1.807, 2.05) is 0 Å². The highest BCUT2D eigenvalue weighted by atomic mass is 35.5. The van der Waals surface area contributed by atoms with Gasteiger partial charge < -0.3 is 19.3 Å². The van der Waals surface area contributed by atoms with E-state index in [0.717, 1.165) is 0 Å². The Morgan fingerprint density at radius 3 is 2.60 bits per heavy atom. The predicted molar refractivity (Wildman–Crippen MR) is 114 cm³/mol. The average molecular weight is 458 g/mol. The molecule has 1 N–H and O–H groups in total. The molecule has 0 radical (unpaired) electrons. The number of hydrogen-bond acceptors (Lipinski definition) is 7. The van der Waals surface area contributed by atoms with Crippen LogP contribution in [0.2, 0.25) is 10.0 Å². The van der Waals surface area contributed by atoms with Crippen LogP contribution in [0.3, 0.4) is 0 Å². The Hall–Kier alpha value is -1.93. The minimum atomic E-state index is -0.897. The quantitative estimate of drug-likeness (QED) is 0.599. The van der Waals surface area contributed by atoms with Gasteiger partial charge in [-0.05, 0) is 32.4 Å². The highest BCUT2D eigenvalue weighted by Gasteiger charge is 2.44. The van der Waals surface area contributed by atoms with Gasteiger partial charge in [-0.3, -0.25) is 9.79 Å². The lowest BCUT2D eigenvalue weighted by molar-refractivity contribution is -0.144. The Balaban J connectivity index is 2.70. The first-order chi connectivity index (χ1) is 14.2. The minimum Gasteiger partial charge on any atom is -0.468 e. The van der Waals surface area contributed by atoms with Crippen LogP contribution in [0.25, 0.3) is 0 Å². The van der Waals surface area contributed by atoms with E-state index in [1.165, 1.54) is 7.11 Å². The molecule has 9 heteroatoms. The summed E-state index contributed by atoms with van der Waals surface area (Å²) in [5.41, 5.74) is 1.36. The van der Waals surface area contributed by atoms with Gasteiger partial charge in [0.1, 0.15) is 5.92 Å². The number of halogens is 2. The molecular weight excluding hydrogens is 433 g/mol. The first-order valence-corrected chi connectivity index (χ1v) is 10.2. The Labute approximate surface area is 185 Å². The molecule has 3 unspecified atom stereocenters. The molecule has 0 aromatic heterocycles. The molecule has 0 amide bonds. The van der Waals surface area contributed by atoms with E-state index < -0.39 is 29.9 Å². The molecule has 0 bridgehead atoms. The second-order valence-electron chi connectivity index (χ2n) is 6.82. The summed E-state index contributed by atoms with van der Waals surface area (Å²) in [6.07, 6.45) is -0.689. The molecule has 30 heavy (non-hydrogen) atoms. The van der Waals surface area contributed by atoms with Crippen molar-refractivity contribution >= 4 is 40.9 Å². The van der Waals surface area contributed by atoms with Gasteiger partial charge in [0.15, 0.2) is 0 Å². The van der Waals surface area contributed by atoms with E-state index in [1.54, 1.807) is 39.0 Å². The zero-order chi connectivity index (χ0) is 22.4. The molecule has 0 fully saturated rings. The third kappa shape index (κ3) is 5.40. The number of ether oxygens (including phenoxy) is 3. The molecule has 1 aromatic carbocycles. The van der Waals surface area contributed by atoms with Gasteiger partial charge in [0.05, 0.1) is 54.3 Å². The number of nitrogens with zero attached hydrogens (tertiary/aromatic N) is 1. The van der Waals surface area contributed by atoms with Gasteiger partial charge in [-0.25, -0.2) is 4.79 Å². The number of aliphatic imine (C=N–C) groups is 1. The summed E-state index contributed by atoms with van der Waals surface area (Å²) < 4.78 is 15.7. The third-order valence-electron chi connectivity index (χ3n) is 4.58. The number of benzene rings is 1. The van der Waals surface area contributed by atoms with Gasteiger partial charge in [-0.15, -0.1) is 0 Å². The van der Waals surface area contributed by atoms with Gasteiger partial charge >= 0.3 is 11.9 Å². The monoisotopic (exact) mass is 457 g/mol. The zero-order valence-electron chi connectivity index (χ0n) is 17.3. The largest absolute Gasteiger partial charge is 0.468 e. The summed E-state index contributed by atoms with van der Waals surface area (Å²) in [6, 6.07) is 5.00. The molecule has 3 atom stereocenters. The molecule has 1 aliphatic rings. The second kappa shape index (κ2) is 10.9. The van der Waals surface area contributed by atoms with Gasteiger partial charge in [0.2, 0.25) is 0 Å². The van der Waals surface area contributed by atoms with Crippen molar-refractivity contribution in [3.8, 4) is 0 Å². The smallest absolute Gasteiger partial charge is 0.336 e. The SMILES string of the molecule is CCOC(=O)C1=C(COCC(C)O)N=C(C)C(C(=O)OC)C1c1cccc(Cl)c1Cl. The summed E-state index contributed by atoms with van der Waals surface area (Å²) in [6.45, 7) is 5.06. The molecule has 0 spiro atoms. The fraction of sp³-hybridized carbons (Fsp3) is 0.476. The van der Waals surface area contributed by atoms with Crippen LogP contribution in [-0.2, 0) is 23.8 Å². The fourth-order valence-electron chi connectivity index (χ4n) is 3.35. The van der Waals surface area contributed by atoms with E-state index in [4.69, 9.17) is 37.4 Å². The summed E-state index contributed by atoms with van der Waals surface area (Å²) in [4.78, 5) is 30.1. The van der Waals surface area contributed by atoms with Gasteiger partial charge in [-0.1, -0.05) is 35.3 Å². The van der Waals surface area contributed by atoms with Crippen LogP contribution in [0.4, 0.5) is 0 Å². The maximum atomic E-state index is 13.0. The highest BCUT2D eigenvalue weighted by molar-refractivity contribution is 6.42. The Kier molecular flexibility index (Phi) is 8.85. The second-order valence-corrected chi connectivity index (χ2v) is 7.60. The van der Waals surface area contributed by atoms with Crippen molar-refractivity contribution in [3.05, 3.63) is 45.1 Å². The van der Waals surface area contributed by atoms with Gasteiger partial charge in [0.25, 0.3) is 0 Å². The molecule has 164 valence electrons. The van der Waals surface area contributed by atoms with Crippen LogP contribution in [0.5, 0.6) is 0 Å². The van der Waals surface area contributed by atoms with Crippen LogP contribution < -0.4 is 0 Å². The molecule has 1 heterocycles. The molecule has 0 saturated heterocycles. The topological polar surface area (TPSA) is 94.4 Å². The summed E-state index contributed by atoms with van der Waals surface area (Å²) in [5.74, 6) is -2.93. The lowest BCUT2D eigenvalue weighted by atomic mass is 9.75. The van der Waals surface area contributed by atoms with Crippen molar-refractivity contribution in [3.63, 3.8) is 0 Å². The van der Waals surface area contributed by atoms with Crippen LogP contribution in [0.15, 0.2) is 34.5 Å². The number of aliphatic hydroxyl groups excluding tert-OH is 1. The number of esters is 2. The number of methoxy groups -OCH3 is 1. The number of hydrogen-bond donors (Lipinski definition) is 1. The van der Waals surface area contributed by atoms with Crippen molar-refractivity contribution in [2.24, 2.45) is 10.9 Å². The number of carbonyl (C=O) groups is 2. The molecule has 1 aliphatic heterocycles. The molecule has 7 nitrogen and oxygen atoms in total. The maximum absolute atomic E-state index is 13.0. The lowest BCUT2D eigenvalue weighted by Crippen LogP contribution is -2.37. The lowest BCUT2D eigenvalue weighted by Gasteiger charge is -2.32. The van der Waals surface area contributed by atoms with Crippen LogP contribution in [0.1, 0.15) is 32.3 Å². The van der Waals surface area contributed by atoms with Crippen molar-refractivity contribution in [1.29, 1.82) is 0 Å². The third-order valence-corrected chi connectivity index (χ3v) is 5.41. The fourth-order valence-corrected chi connectivity index (χ4v) is 3.77. The van der Waals surface area contributed by atoms with E-state index in [-0.39, 0.29) is 35.4 Å². The summed E-state index contributed by atoms with van der Waals surface area (Å²) in [5, 5.41) is 9.98. The van der Waals surface area contributed by atoms with Crippen molar-refractivity contribution in [2.75, 3.05) is 26.9 Å². The predicted octanol–water partition coefficient (Wildman–Crippen LogP) is 3.56. The summed E-state index contributed by atoms with van der Waals surface area (Å²) in [7, 11) is 1.27.